The highest BCUT2D eigenvalue weighted by Crippen LogP contribution is 2.20. The zero-order chi connectivity index (χ0) is 23.7. The van der Waals surface area contributed by atoms with Crippen LogP contribution in [0.2, 0.25) is 0 Å². The molecule has 0 aromatic carbocycles. The molecule has 6 N–H and O–H groups in total. The van der Waals surface area contributed by atoms with Crippen molar-refractivity contribution < 1.29 is 34.2 Å². The van der Waals surface area contributed by atoms with E-state index in [2.05, 4.69) is 10.6 Å². The van der Waals surface area contributed by atoms with Gasteiger partial charge in [-0.3, -0.25) is 19.2 Å². The Bertz CT molecular complexity index is 688. The van der Waals surface area contributed by atoms with Crippen molar-refractivity contribution in [1.29, 1.82) is 0 Å². The first-order chi connectivity index (χ1) is 14.5. The van der Waals surface area contributed by atoms with Crippen molar-refractivity contribution >= 4 is 41.4 Å². The Balaban J connectivity index is 2.93. The van der Waals surface area contributed by atoms with Crippen LogP contribution >= 0.6 is 11.8 Å². The molecule has 1 fully saturated rings. The van der Waals surface area contributed by atoms with Crippen molar-refractivity contribution in [2.75, 3.05) is 18.6 Å². The van der Waals surface area contributed by atoms with Gasteiger partial charge in [0.2, 0.25) is 17.7 Å². The van der Waals surface area contributed by atoms with Crippen LogP contribution in [0, 0.1) is 5.92 Å². The Hall–Kier alpha value is -2.34. The summed E-state index contributed by atoms with van der Waals surface area (Å²) >= 11 is 1.45. The fourth-order valence-corrected chi connectivity index (χ4v) is 3.77. The molecule has 0 radical (unpaired) electrons. The van der Waals surface area contributed by atoms with Crippen molar-refractivity contribution in [2.45, 2.75) is 63.7 Å². The number of amides is 3. The number of hydrogen-bond acceptors (Lipinski definition) is 7. The van der Waals surface area contributed by atoms with Crippen LogP contribution in [0.5, 0.6) is 0 Å². The quantitative estimate of drug-likeness (QED) is 0.250. The molecule has 11 nitrogen and oxygen atoms in total. The molecule has 1 aliphatic rings. The SMILES string of the molecule is CSCCC(NC(=O)C(N)CC(=O)O)C(=O)NC(C(=O)N1CCCC1C(=O)O)C(C)C. The lowest BCUT2D eigenvalue weighted by atomic mass is 10.0. The van der Waals surface area contributed by atoms with E-state index in [-0.39, 0.29) is 12.3 Å². The summed E-state index contributed by atoms with van der Waals surface area (Å²) in [5.41, 5.74) is 5.57. The number of carbonyl (C=O) groups excluding carboxylic acids is 3. The Morgan fingerprint density at radius 3 is 2.29 bits per heavy atom. The van der Waals surface area contributed by atoms with E-state index in [0.29, 0.717) is 25.1 Å². The van der Waals surface area contributed by atoms with Gasteiger partial charge in [-0.15, -0.1) is 0 Å². The Morgan fingerprint density at radius 1 is 1.13 bits per heavy atom. The predicted molar refractivity (Wildman–Crippen MR) is 114 cm³/mol. The third kappa shape index (κ3) is 8.02. The number of carboxylic acids is 2. The number of thioether (sulfide) groups is 1. The van der Waals surface area contributed by atoms with Crippen LogP contribution in [0.4, 0.5) is 0 Å². The van der Waals surface area contributed by atoms with Crippen LogP contribution in [0.3, 0.4) is 0 Å². The summed E-state index contributed by atoms with van der Waals surface area (Å²) in [6, 6.07) is -4.21. The van der Waals surface area contributed by atoms with Gasteiger partial charge < -0.3 is 31.5 Å². The van der Waals surface area contributed by atoms with Crippen molar-refractivity contribution in [3.05, 3.63) is 0 Å². The number of hydrogen-bond donors (Lipinski definition) is 5. The molecule has 176 valence electrons. The van der Waals surface area contributed by atoms with Gasteiger partial charge in [0.15, 0.2) is 0 Å². The van der Waals surface area contributed by atoms with Crippen LogP contribution in [0.15, 0.2) is 0 Å². The second-order valence-corrected chi connectivity index (χ2v) is 8.79. The molecule has 1 saturated heterocycles. The van der Waals surface area contributed by atoms with Gasteiger partial charge in [0.1, 0.15) is 18.1 Å². The van der Waals surface area contributed by atoms with E-state index < -0.39 is 60.2 Å². The molecule has 0 bridgehead atoms. The maximum Gasteiger partial charge on any atom is 0.326 e. The summed E-state index contributed by atoms with van der Waals surface area (Å²) in [6.07, 6.45) is 2.41. The lowest BCUT2D eigenvalue weighted by Gasteiger charge is -2.30. The maximum absolute atomic E-state index is 13.0. The minimum absolute atomic E-state index is 0.249. The topological polar surface area (TPSA) is 179 Å². The van der Waals surface area contributed by atoms with E-state index in [1.807, 2.05) is 6.26 Å². The molecular weight excluding hydrogens is 428 g/mol. The highest BCUT2D eigenvalue weighted by molar-refractivity contribution is 7.98. The van der Waals surface area contributed by atoms with Gasteiger partial charge in [-0.2, -0.15) is 11.8 Å². The van der Waals surface area contributed by atoms with E-state index in [0.717, 1.165) is 0 Å². The minimum Gasteiger partial charge on any atom is -0.481 e. The fourth-order valence-electron chi connectivity index (χ4n) is 3.30. The van der Waals surface area contributed by atoms with Crippen LogP contribution in [-0.4, -0.2) is 87.5 Å². The van der Waals surface area contributed by atoms with E-state index in [9.17, 15) is 29.1 Å². The Labute approximate surface area is 185 Å². The van der Waals surface area contributed by atoms with Crippen LogP contribution < -0.4 is 16.4 Å². The van der Waals surface area contributed by atoms with Crippen molar-refractivity contribution in [1.82, 2.24) is 15.5 Å². The predicted octanol–water partition coefficient (Wildman–Crippen LogP) is -0.757. The number of carboxylic acid groups (broad SMARTS) is 2. The zero-order valence-electron chi connectivity index (χ0n) is 18.0. The molecular formula is C19H32N4O7S. The fraction of sp³-hybridized carbons (Fsp3) is 0.737. The van der Waals surface area contributed by atoms with E-state index in [1.165, 1.54) is 16.7 Å². The largest absolute Gasteiger partial charge is 0.481 e. The van der Waals surface area contributed by atoms with Crippen molar-refractivity contribution in [2.24, 2.45) is 11.7 Å². The van der Waals surface area contributed by atoms with E-state index >= 15 is 0 Å². The van der Waals surface area contributed by atoms with Crippen LogP contribution in [-0.2, 0) is 24.0 Å². The van der Waals surface area contributed by atoms with Crippen LogP contribution in [0.1, 0.15) is 39.5 Å². The van der Waals surface area contributed by atoms with Gasteiger partial charge in [0.25, 0.3) is 0 Å². The lowest BCUT2D eigenvalue weighted by molar-refractivity contribution is -0.150. The first-order valence-electron chi connectivity index (χ1n) is 10.1. The molecule has 0 aromatic rings. The van der Waals surface area contributed by atoms with Crippen LogP contribution in [0.25, 0.3) is 0 Å². The number of nitrogens with zero attached hydrogens (tertiary/aromatic N) is 1. The second kappa shape index (κ2) is 12.5. The van der Waals surface area contributed by atoms with Crippen molar-refractivity contribution in [3.8, 4) is 0 Å². The minimum atomic E-state index is -1.31. The third-order valence-electron chi connectivity index (χ3n) is 5.03. The van der Waals surface area contributed by atoms with Gasteiger partial charge in [-0.05, 0) is 37.2 Å². The molecule has 0 aliphatic carbocycles. The molecule has 1 heterocycles. The summed E-state index contributed by atoms with van der Waals surface area (Å²) in [6.45, 7) is 3.76. The number of likely N-dealkylation sites (tertiary alicyclic amines) is 1. The molecule has 4 unspecified atom stereocenters. The molecule has 1 aliphatic heterocycles. The van der Waals surface area contributed by atoms with Gasteiger partial charge in [-0.25, -0.2) is 4.79 Å². The zero-order valence-corrected chi connectivity index (χ0v) is 18.8. The number of carbonyl (C=O) groups is 5. The van der Waals surface area contributed by atoms with Gasteiger partial charge in [-0.1, -0.05) is 13.8 Å². The Kier molecular flexibility index (Phi) is 10.8. The molecule has 31 heavy (non-hydrogen) atoms. The maximum atomic E-state index is 13.0. The summed E-state index contributed by atoms with van der Waals surface area (Å²) < 4.78 is 0. The van der Waals surface area contributed by atoms with Gasteiger partial charge >= 0.3 is 11.9 Å². The molecule has 3 amide bonds. The monoisotopic (exact) mass is 460 g/mol. The molecule has 0 saturated carbocycles. The second-order valence-electron chi connectivity index (χ2n) is 7.81. The standard InChI is InChI=1S/C19H32N4O7S/c1-10(2)15(18(28)23-7-4-5-13(23)19(29)30)22-17(27)12(6-8-31-3)21-16(26)11(20)9-14(24)25/h10-13,15H,4-9,20H2,1-3H3,(H,21,26)(H,22,27)(H,24,25)(H,29,30). The summed E-state index contributed by atoms with van der Waals surface area (Å²) in [5, 5.41) is 23.3. The number of aliphatic carboxylic acids is 2. The molecule has 1 rings (SSSR count). The highest BCUT2D eigenvalue weighted by Gasteiger charge is 2.39. The van der Waals surface area contributed by atoms with Gasteiger partial charge in [0.05, 0.1) is 12.5 Å². The lowest BCUT2D eigenvalue weighted by Crippen LogP contribution is -2.58. The van der Waals surface area contributed by atoms with E-state index in [4.69, 9.17) is 10.8 Å². The summed E-state index contributed by atoms with van der Waals surface area (Å²) in [7, 11) is 0. The number of rotatable bonds is 12. The molecule has 0 spiro atoms. The van der Waals surface area contributed by atoms with E-state index in [1.54, 1.807) is 13.8 Å². The summed E-state index contributed by atoms with van der Waals surface area (Å²) in [4.78, 5) is 61.6. The summed E-state index contributed by atoms with van der Waals surface area (Å²) in [5.74, 6) is -3.98. The average molecular weight is 461 g/mol. The molecule has 12 heteroatoms. The number of nitrogens with two attached hydrogens (primary N) is 1. The first-order valence-corrected chi connectivity index (χ1v) is 11.5. The van der Waals surface area contributed by atoms with Gasteiger partial charge in [0, 0.05) is 6.54 Å². The normalized spacial score (nSPS) is 18.9. The third-order valence-corrected chi connectivity index (χ3v) is 5.67. The highest BCUT2D eigenvalue weighted by atomic mass is 32.2. The molecule has 0 aromatic heterocycles. The smallest absolute Gasteiger partial charge is 0.326 e. The van der Waals surface area contributed by atoms with Crippen molar-refractivity contribution in [3.63, 3.8) is 0 Å². The Morgan fingerprint density at radius 2 is 1.77 bits per heavy atom. The number of nitrogens with one attached hydrogen (secondary N) is 2. The average Bonchev–Trinajstić information content (AvgIpc) is 3.17. The first kappa shape index (κ1) is 26.7. The molecule has 4 atom stereocenters.